The zero-order valence-corrected chi connectivity index (χ0v) is 13.0. The number of carbonyl (C=O) groups excluding carboxylic acids is 1. The molecule has 1 aromatic rings. The maximum atomic E-state index is 11.6. The molecule has 3 nitrogen and oxygen atoms in total. The Kier molecular flexibility index (Phi) is 6.11. The lowest BCUT2D eigenvalue weighted by Crippen LogP contribution is -2.37. The van der Waals surface area contributed by atoms with Gasteiger partial charge in [-0.05, 0) is 24.7 Å². The SMILES string of the molecule is CNCCC(=O)NCC(C)(C)c1ccc(Cl)c(Cl)c1. The van der Waals surface area contributed by atoms with Crippen molar-refractivity contribution >= 4 is 29.1 Å². The van der Waals surface area contributed by atoms with Crippen molar-refractivity contribution in [2.75, 3.05) is 20.1 Å². The largest absolute Gasteiger partial charge is 0.355 e. The van der Waals surface area contributed by atoms with Crippen molar-refractivity contribution in [3.8, 4) is 0 Å². The first-order valence-corrected chi connectivity index (χ1v) is 6.99. The highest BCUT2D eigenvalue weighted by molar-refractivity contribution is 6.42. The van der Waals surface area contributed by atoms with E-state index in [-0.39, 0.29) is 11.3 Å². The highest BCUT2D eigenvalue weighted by atomic mass is 35.5. The molecule has 0 spiro atoms. The van der Waals surface area contributed by atoms with E-state index in [4.69, 9.17) is 23.2 Å². The van der Waals surface area contributed by atoms with E-state index < -0.39 is 0 Å². The quantitative estimate of drug-likeness (QED) is 0.848. The van der Waals surface area contributed by atoms with Crippen molar-refractivity contribution < 1.29 is 4.79 Å². The molecule has 0 aliphatic rings. The highest BCUT2D eigenvalue weighted by Crippen LogP contribution is 2.29. The Hall–Kier alpha value is -0.770. The van der Waals surface area contributed by atoms with E-state index in [0.29, 0.717) is 29.6 Å². The topological polar surface area (TPSA) is 41.1 Å². The number of hydrogen-bond acceptors (Lipinski definition) is 2. The molecule has 0 aliphatic carbocycles. The second-order valence-corrected chi connectivity index (χ2v) is 5.96. The molecule has 2 N–H and O–H groups in total. The van der Waals surface area contributed by atoms with Crippen molar-refractivity contribution in [2.24, 2.45) is 0 Å². The van der Waals surface area contributed by atoms with Gasteiger partial charge < -0.3 is 10.6 Å². The van der Waals surface area contributed by atoms with E-state index in [1.807, 2.05) is 19.2 Å². The van der Waals surface area contributed by atoms with Gasteiger partial charge in [-0.1, -0.05) is 43.1 Å². The number of amides is 1. The first-order chi connectivity index (χ1) is 8.86. The summed E-state index contributed by atoms with van der Waals surface area (Å²) in [6, 6.07) is 5.57. The minimum atomic E-state index is -0.191. The van der Waals surface area contributed by atoms with Gasteiger partial charge in [0.25, 0.3) is 0 Å². The van der Waals surface area contributed by atoms with Crippen LogP contribution in [0.1, 0.15) is 25.8 Å². The standard InChI is InChI=1S/C14H20Cl2N2O/c1-14(2,9-18-13(19)6-7-17-3)10-4-5-11(15)12(16)8-10/h4-5,8,17H,6-7,9H2,1-3H3,(H,18,19). The van der Waals surface area contributed by atoms with Gasteiger partial charge in [-0.3, -0.25) is 4.79 Å². The molecule has 0 saturated heterocycles. The predicted molar refractivity (Wildman–Crippen MR) is 81.0 cm³/mol. The smallest absolute Gasteiger partial charge is 0.221 e. The van der Waals surface area contributed by atoms with E-state index in [9.17, 15) is 4.79 Å². The molecule has 0 radical (unpaired) electrons. The fourth-order valence-electron chi connectivity index (χ4n) is 1.67. The summed E-state index contributed by atoms with van der Waals surface area (Å²) in [5.41, 5.74) is 0.861. The number of hydrogen-bond donors (Lipinski definition) is 2. The Morgan fingerprint density at radius 2 is 1.95 bits per heavy atom. The number of rotatable bonds is 6. The minimum absolute atomic E-state index is 0.0440. The zero-order valence-electron chi connectivity index (χ0n) is 11.5. The van der Waals surface area contributed by atoms with Crippen LogP contribution in [-0.2, 0) is 10.2 Å². The summed E-state index contributed by atoms with van der Waals surface area (Å²) in [6.45, 7) is 5.36. The van der Waals surface area contributed by atoms with Crippen molar-refractivity contribution in [3.05, 3.63) is 33.8 Å². The normalized spacial score (nSPS) is 11.4. The Balaban J connectivity index is 2.64. The van der Waals surface area contributed by atoms with Crippen LogP contribution >= 0.6 is 23.2 Å². The van der Waals surface area contributed by atoms with Crippen LogP contribution in [-0.4, -0.2) is 26.0 Å². The van der Waals surface area contributed by atoms with Crippen LogP contribution in [0.2, 0.25) is 10.0 Å². The predicted octanol–water partition coefficient (Wildman–Crippen LogP) is 3.00. The van der Waals surface area contributed by atoms with Crippen molar-refractivity contribution in [1.82, 2.24) is 10.6 Å². The molecule has 1 rings (SSSR count). The summed E-state index contributed by atoms with van der Waals surface area (Å²) >= 11 is 11.9. The van der Waals surface area contributed by atoms with Gasteiger partial charge in [-0.25, -0.2) is 0 Å². The Morgan fingerprint density at radius 1 is 1.26 bits per heavy atom. The maximum absolute atomic E-state index is 11.6. The molecule has 0 unspecified atom stereocenters. The van der Waals surface area contributed by atoms with Crippen molar-refractivity contribution in [2.45, 2.75) is 25.7 Å². The second-order valence-electron chi connectivity index (χ2n) is 5.14. The molecule has 106 valence electrons. The Morgan fingerprint density at radius 3 is 2.53 bits per heavy atom. The number of benzene rings is 1. The molecule has 0 fully saturated rings. The molecule has 0 aromatic heterocycles. The molecule has 19 heavy (non-hydrogen) atoms. The van der Waals surface area contributed by atoms with Crippen LogP contribution < -0.4 is 10.6 Å². The van der Waals surface area contributed by atoms with E-state index in [0.717, 1.165) is 5.56 Å². The molecule has 0 aliphatic heterocycles. The average Bonchev–Trinajstić information content (AvgIpc) is 2.37. The molecule has 1 aromatic carbocycles. The van der Waals surface area contributed by atoms with E-state index in [2.05, 4.69) is 24.5 Å². The highest BCUT2D eigenvalue weighted by Gasteiger charge is 2.22. The molecule has 0 atom stereocenters. The van der Waals surface area contributed by atoms with E-state index in [1.54, 1.807) is 6.07 Å². The molecule has 0 saturated carbocycles. The lowest BCUT2D eigenvalue weighted by Gasteiger charge is -2.26. The third-order valence-corrected chi connectivity index (χ3v) is 3.77. The van der Waals surface area contributed by atoms with Gasteiger partial charge in [0.05, 0.1) is 10.0 Å². The number of nitrogens with one attached hydrogen (secondary N) is 2. The van der Waals surface area contributed by atoms with E-state index in [1.165, 1.54) is 0 Å². The van der Waals surface area contributed by atoms with Gasteiger partial charge in [0, 0.05) is 24.9 Å². The van der Waals surface area contributed by atoms with Crippen molar-refractivity contribution in [3.63, 3.8) is 0 Å². The maximum Gasteiger partial charge on any atom is 0.221 e. The molecular weight excluding hydrogens is 283 g/mol. The first-order valence-electron chi connectivity index (χ1n) is 6.23. The third-order valence-electron chi connectivity index (χ3n) is 3.03. The summed E-state index contributed by atoms with van der Waals surface area (Å²) in [5.74, 6) is 0.0440. The summed E-state index contributed by atoms with van der Waals surface area (Å²) in [5, 5.41) is 6.96. The average molecular weight is 303 g/mol. The third kappa shape index (κ3) is 5.01. The van der Waals surface area contributed by atoms with Crippen LogP contribution in [0.15, 0.2) is 18.2 Å². The summed E-state index contributed by atoms with van der Waals surface area (Å²) in [4.78, 5) is 11.6. The minimum Gasteiger partial charge on any atom is -0.355 e. The van der Waals surface area contributed by atoms with Gasteiger partial charge in [-0.2, -0.15) is 0 Å². The molecule has 0 heterocycles. The molecule has 5 heteroatoms. The monoisotopic (exact) mass is 302 g/mol. The number of halogens is 2. The molecular formula is C14H20Cl2N2O. The van der Waals surface area contributed by atoms with E-state index >= 15 is 0 Å². The summed E-state index contributed by atoms with van der Waals surface area (Å²) in [7, 11) is 1.83. The van der Waals surface area contributed by atoms with Crippen LogP contribution in [0, 0.1) is 0 Å². The summed E-state index contributed by atoms with van der Waals surface area (Å²) < 4.78 is 0. The fourth-order valence-corrected chi connectivity index (χ4v) is 1.96. The van der Waals surface area contributed by atoms with Gasteiger partial charge in [-0.15, -0.1) is 0 Å². The van der Waals surface area contributed by atoms with Crippen LogP contribution in [0.4, 0.5) is 0 Å². The lowest BCUT2D eigenvalue weighted by atomic mass is 9.84. The van der Waals surface area contributed by atoms with Crippen LogP contribution in [0.3, 0.4) is 0 Å². The second kappa shape index (κ2) is 7.13. The molecule has 1 amide bonds. The van der Waals surface area contributed by atoms with Crippen LogP contribution in [0.5, 0.6) is 0 Å². The van der Waals surface area contributed by atoms with Gasteiger partial charge >= 0.3 is 0 Å². The summed E-state index contributed by atoms with van der Waals surface area (Å²) in [6.07, 6.45) is 0.480. The van der Waals surface area contributed by atoms with Gasteiger partial charge in [0.2, 0.25) is 5.91 Å². The zero-order chi connectivity index (χ0) is 14.5. The lowest BCUT2D eigenvalue weighted by molar-refractivity contribution is -0.121. The van der Waals surface area contributed by atoms with Gasteiger partial charge in [0.15, 0.2) is 0 Å². The van der Waals surface area contributed by atoms with Crippen molar-refractivity contribution in [1.29, 1.82) is 0 Å². The van der Waals surface area contributed by atoms with Gasteiger partial charge in [0.1, 0.15) is 0 Å². The first kappa shape index (κ1) is 16.3. The van der Waals surface area contributed by atoms with Crippen LogP contribution in [0.25, 0.3) is 0 Å². The Labute approximate surface area is 124 Å². The fraction of sp³-hybridized carbons (Fsp3) is 0.500. The molecule has 0 bridgehead atoms. The number of carbonyl (C=O) groups is 1. The Bertz CT molecular complexity index is 447.